The zero-order chi connectivity index (χ0) is 12.4. The highest BCUT2D eigenvalue weighted by Crippen LogP contribution is 2.22. The van der Waals surface area contributed by atoms with E-state index in [4.69, 9.17) is 4.42 Å². The summed E-state index contributed by atoms with van der Waals surface area (Å²) in [5.74, 6) is 0.0429. The Labute approximate surface area is 101 Å². The van der Waals surface area contributed by atoms with Gasteiger partial charge in [-0.05, 0) is 19.4 Å². The van der Waals surface area contributed by atoms with E-state index in [-0.39, 0.29) is 17.8 Å². The van der Waals surface area contributed by atoms with Crippen molar-refractivity contribution in [1.29, 1.82) is 0 Å². The topological polar surface area (TPSA) is 122 Å². The van der Waals surface area contributed by atoms with Gasteiger partial charge in [-0.25, -0.2) is 0 Å². The smallest absolute Gasteiger partial charge is 0.322 e. The molecule has 3 N–H and O–H groups in total. The molecule has 9 heteroatoms. The molecular weight excluding hydrogens is 238 g/mol. The van der Waals surface area contributed by atoms with E-state index in [0.29, 0.717) is 5.89 Å². The van der Waals surface area contributed by atoms with Gasteiger partial charge in [0.25, 0.3) is 5.91 Å². The largest absolute Gasteiger partial charge is 0.406 e. The number of aromatic amines is 1. The number of nitrogens with one attached hydrogen (secondary N) is 3. The maximum absolute atomic E-state index is 11.6. The fraction of sp³-hybridized carbons (Fsp3) is 0.444. The van der Waals surface area contributed by atoms with Crippen LogP contribution < -0.4 is 10.6 Å². The van der Waals surface area contributed by atoms with Crippen LogP contribution in [0.15, 0.2) is 10.6 Å². The highest BCUT2D eigenvalue weighted by atomic mass is 16.4. The summed E-state index contributed by atoms with van der Waals surface area (Å²) < 4.78 is 5.36. The van der Waals surface area contributed by atoms with E-state index in [9.17, 15) is 4.79 Å². The Balaban J connectivity index is 1.68. The summed E-state index contributed by atoms with van der Waals surface area (Å²) in [4.78, 5) is 11.6. The minimum atomic E-state index is -0.446. The number of aromatic nitrogens is 5. The maximum atomic E-state index is 11.6. The van der Waals surface area contributed by atoms with Gasteiger partial charge < -0.3 is 9.73 Å². The van der Waals surface area contributed by atoms with E-state index < -0.39 is 5.91 Å². The van der Waals surface area contributed by atoms with Crippen molar-refractivity contribution in [3.05, 3.63) is 17.8 Å². The summed E-state index contributed by atoms with van der Waals surface area (Å²) in [7, 11) is 0. The molecule has 1 aliphatic rings. The quantitative estimate of drug-likeness (QED) is 0.692. The van der Waals surface area contributed by atoms with E-state index in [1.54, 1.807) is 0 Å². The second-order valence-corrected chi connectivity index (χ2v) is 3.90. The standard InChI is InChI=1S/C9H11N7O2/c17-7(6-4-11-16-13-6)12-9-15-14-8(18-9)5-2-1-3-10-5/h4-5,10H,1-3H2,(H,11,13,16)(H,12,15,17). The molecule has 0 aromatic carbocycles. The molecule has 1 amide bonds. The number of amides is 1. The first-order chi connectivity index (χ1) is 8.83. The second kappa shape index (κ2) is 4.53. The first-order valence-corrected chi connectivity index (χ1v) is 5.57. The fourth-order valence-electron chi connectivity index (χ4n) is 1.79. The van der Waals surface area contributed by atoms with Gasteiger partial charge in [0.05, 0.1) is 12.2 Å². The Bertz CT molecular complexity index is 529. The van der Waals surface area contributed by atoms with Crippen LogP contribution in [-0.4, -0.2) is 38.1 Å². The van der Waals surface area contributed by atoms with E-state index in [2.05, 4.69) is 36.2 Å². The third-order valence-corrected chi connectivity index (χ3v) is 2.67. The molecule has 18 heavy (non-hydrogen) atoms. The molecule has 1 unspecified atom stereocenters. The van der Waals surface area contributed by atoms with E-state index >= 15 is 0 Å². The molecule has 2 aromatic rings. The molecule has 0 spiro atoms. The van der Waals surface area contributed by atoms with Gasteiger partial charge in [0.2, 0.25) is 5.89 Å². The summed E-state index contributed by atoms with van der Waals surface area (Å²) in [6.07, 6.45) is 3.34. The fourth-order valence-corrected chi connectivity index (χ4v) is 1.79. The van der Waals surface area contributed by atoms with Crippen LogP contribution in [0.25, 0.3) is 0 Å². The van der Waals surface area contributed by atoms with Gasteiger partial charge in [-0.15, -0.1) is 5.10 Å². The number of hydrogen-bond acceptors (Lipinski definition) is 7. The minimum absolute atomic E-state index is 0.0618. The van der Waals surface area contributed by atoms with Crippen LogP contribution in [-0.2, 0) is 0 Å². The van der Waals surface area contributed by atoms with E-state index in [1.807, 2.05) is 0 Å². The van der Waals surface area contributed by atoms with Gasteiger partial charge in [0.1, 0.15) is 0 Å². The molecule has 2 aromatic heterocycles. The highest BCUT2D eigenvalue weighted by Gasteiger charge is 2.22. The Morgan fingerprint density at radius 1 is 1.50 bits per heavy atom. The predicted octanol–water partition coefficient (Wildman–Crippen LogP) is -0.136. The van der Waals surface area contributed by atoms with Crippen LogP contribution in [0.5, 0.6) is 0 Å². The summed E-state index contributed by atoms with van der Waals surface area (Å²) in [5, 5.41) is 22.9. The van der Waals surface area contributed by atoms with Crippen LogP contribution in [0, 0.1) is 0 Å². The molecular formula is C9H11N7O2. The maximum Gasteiger partial charge on any atom is 0.322 e. The molecule has 1 aliphatic heterocycles. The van der Waals surface area contributed by atoms with Crippen LogP contribution in [0.1, 0.15) is 35.3 Å². The van der Waals surface area contributed by atoms with Crippen LogP contribution in [0.2, 0.25) is 0 Å². The summed E-state index contributed by atoms with van der Waals surface area (Å²) in [6, 6.07) is 0.141. The van der Waals surface area contributed by atoms with Crippen LogP contribution in [0.4, 0.5) is 6.01 Å². The number of carbonyl (C=O) groups is 1. The number of anilines is 1. The zero-order valence-electron chi connectivity index (χ0n) is 9.38. The lowest BCUT2D eigenvalue weighted by molar-refractivity contribution is 0.101. The van der Waals surface area contributed by atoms with Crippen molar-refractivity contribution >= 4 is 11.9 Å². The average Bonchev–Trinajstić information content (AvgIpc) is 3.12. The van der Waals surface area contributed by atoms with Gasteiger partial charge >= 0.3 is 6.01 Å². The van der Waals surface area contributed by atoms with Crippen LogP contribution >= 0.6 is 0 Å². The number of nitrogens with zero attached hydrogens (tertiary/aromatic N) is 4. The van der Waals surface area contributed by atoms with Crippen molar-refractivity contribution in [2.45, 2.75) is 18.9 Å². The predicted molar refractivity (Wildman–Crippen MR) is 58.6 cm³/mol. The second-order valence-electron chi connectivity index (χ2n) is 3.90. The summed E-state index contributed by atoms with van der Waals surface area (Å²) in [5.41, 5.74) is 0.161. The lowest BCUT2D eigenvalue weighted by Gasteiger charge is -2.02. The first kappa shape index (κ1) is 10.8. The molecule has 0 saturated carbocycles. The third-order valence-electron chi connectivity index (χ3n) is 2.67. The monoisotopic (exact) mass is 249 g/mol. The normalized spacial score (nSPS) is 19.0. The van der Waals surface area contributed by atoms with Gasteiger partial charge in [0.15, 0.2) is 5.69 Å². The Hall–Kier alpha value is -2.29. The van der Waals surface area contributed by atoms with Crippen molar-refractivity contribution in [2.75, 3.05) is 11.9 Å². The van der Waals surface area contributed by atoms with Gasteiger partial charge in [-0.1, -0.05) is 5.10 Å². The molecule has 3 heterocycles. The molecule has 94 valence electrons. The van der Waals surface area contributed by atoms with E-state index in [1.165, 1.54) is 6.20 Å². The molecule has 0 bridgehead atoms. The molecule has 9 nitrogen and oxygen atoms in total. The summed E-state index contributed by atoms with van der Waals surface area (Å²) in [6.45, 7) is 0.938. The number of hydrogen-bond donors (Lipinski definition) is 3. The van der Waals surface area contributed by atoms with E-state index in [0.717, 1.165) is 19.4 Å². The van der Waals surface area contributed by atoms with Gasteiger partial charge in [-0.2, -0.15) is 15.4 Å². The number of rotatable bonds is 3. The van der Waals surface area contributed by atoms with Gasteiger partial charge in [-0.3, -0.25) is 10.1 Å². The Morgan fingerprint density at radius 3 is 3.17 bits per heavy atom. The molecule has 1 fully saturated rings. The van der Waals surface area contributed by atoms with Crippen molar-refractivity contribution in [3.8, 4) is 0 Å². The molecule has 3 rings (SSSR count). The van der Waals surface area contributed by atoms with Crippen molar-refractivity contribution < 1.29 is 9.21 Å². The minimum Gasteiger partial charge on any atom is -0.406 e. The first-order valence-electron chi connectivity index (χ1n) is 5.57. The lowest BCUT2D eigenvalue weighted by atomic mass is 10.2. The van der Waals surface area contributed by atoms with Crippen molar-refractivity contribution in [2.24, 2.45) is 0 Å². The Kier molecular flexibility index (Phi) is 2.73. The lowest BCUT2D eigenvalue weighted by Crippen LogP contribution is -2.13. The third kappa shape index (κ3) is 2.07. The SMILES string of the molecule is O=C(Nc1nnc(C2CCCN2)o1)c1cn[nH]n1. The highest BCUT2D eigenvalue weighted by molar-refractivity contribution is 6.01. The molecule has 1 atom stereocenters. The van der Waals surface area contributed by atoms with Crippen LogP contribution in [0.3, 0.4) is 0 Å². The summed E-state index contributed by atoms with van der Waals surface area (Å²) >= 11 is 0. The number of carbonyl (C=O) groups excluding carboxylic acids is 1. The molecule has 1 saturated heterocycles. The Morgan fingerprint density at radius 2 is 2.44 bits per heavy atom. The average molecular weight is 249 g/mol. The van der Waals surface area contributed by atoms with Gasteiger partial charge in [0, 0.05) is 0 Å². The molecule has 0 aliphatic carbocycles. The number of H-pyrrole nitrogens is 1. The molecule has 0 radical (unpaired) electrons. The zero-order valence-corrected chi connectivity index (χ0v) is 9.38. The van der Waals surface area contributed by atoms with Crippen molar-refractivity contribution in [1.82, 2.24) is 30.9 Å². The van der Waals surface area contributed by atoms with Crippen molar-refractivity contribution in [3.63, 3.8) is 0 Å².